The molecule has 0 amide bonds. The van der Waals surface area contributed by atoms with Gasteiger partial charge in [0.05, 0.1) is 22.7 Å². The van der Waals surface area contributed by atoms with E-state index in [1.54, 1.807) is 0 Å². The highest BCUT2D eigenvalue weighted by molar-refractivity contribution is 6.25. The highest BCUT2D eigenvalue weighted by Gasteiger charge is 2.25. The standard InChI is InChI=1S/C54H34N2O2/c1-3-17-35(18-4-1)55(47-29-15-27-43-41-25-11-13-31-51(41)57-53(43)47)49-33-45-38-22-8-10-24-40(38)50(34-46(45)37-21-7-9-23-39(37)49)56(36-19-5-2-6-20-36)48-30-16-28-44-42-26-12-14-32-52(42)58-54(44)48/h1-34H. The summed E-state index contributed by atoms with van der Waals surface area (Å²) in [5.41, 5.74) is 9.69. The number of benzene rings is 10. The Labute approximate surface area is 334 Å². The average molecular weight is 743 g/mol. The van der Waals surface area contributed by atoms with Crippen LogP contribution in [0.25, 0.3) is 76.2 Å². The molecule has 2 aromatic heterocycles. The van der Waals surface area contributed by atoms with Gasteiger partial charge in [0.15, 0.2) is 11.2 Å². The molecule has 12 rings (SSSR count). The summed E-state index contributed by atoms with van der Waals surface area (Å²) in [6.45, 7) is 0. The molecule has 0 N–H and O–H groups in total. The van der Waals surface area contributed by atoms with Crippen LogP contribution in [-0.2, 0) is 0 Å². The average Bonchev–Trinajstić information content (AvgIpc) is 3.87. The van der Waals surface area contributed by atoms with Crippen LogP contribution < -0.4 is 9.80 Å². The second kappa shape index (κ2) is 12.9. The second-order valence-corrected chi connectivity index (χ2v) is 14.8. The summed E-state index contributed by atoms with van der Waals surface area (Å²) < 4.78 is 13.4. The van der Waals surface area contributed by atoms with Crippen molar-refractivity contribution >= 4 is 110 Å². The molecule has 0 bridgehead atoms. The molecular formula is C54H34N2O2. The van der Waals surface area contributed by atoms with E-state index in [0.29, 0.717) is 0 Å². The zero-order chi connectivity index (χ0) is 38.2. The first kappa shape index (κ1) is 32.4. The maximum Gasteiger partial charge on any atom is 0.159 e. The third-order valence-corrected chi connectivity index (χ3v) is 11.6. The van der Waals surface area contributed by atoms with Crippen LogP contribution in [0.3, 0.4) is 0 Å². The molecule has 0 unspecified atom stereocenters. The van der Waals surface area contributed by atoms with Gasteiger partial charge in [0, 0.05) is 43.7 Å². The van der Waals surface area contributed by atoms with Crippen molar-refractivity contribution < 1.29 is 8.83 Å². The molecule has 12 aromatic rings. The molecule has 272 valence electrons. The minimum Gasteiger partial charge on any atom is -0.454 e. The van der Waals surface area contributed by atoms with Gasteiger partial charge in [0.2, 0.25) is 0 Å². The first-order valence-corrected chi connectivity index (χ1v) is 19.7. The molecule has 0 saturated heterocycles. The molecule has 58 heavy (non-hydrogen) atoms. The number of para-hydroxylation sites is 6. The highest BCUT2D eigenvalue weighted by Crippen LogP contribution is 2.50. The van der Waals surface area contributed by atoms with Crippen molar-refractivity contribution in [3.8, 4) is 0 Å². The van der Waals surface area contributed by atoms with Gasteiger partial charge in [-0.1, -0.05) is 146 Å². The van der Waals surface area contributed by atoms with E-state index in [2.05, 4.69) is 204 Å². The van der Waals surface area contributed by atoms with Gasteiger partial charge in [-0.2, -0.15) is 0 Å². The van der Waals surface area contributed by atoms with E-state index in [4.69, 9.17) is 8.83 Å². The van der Waals surface area contributed by atoms with Gasteiger partial charge < -0.3 is 18.6 Å². The fraction of sp³-hybridized carbons (Fsp3) is 0. The Bertz CT molecular complexity index is 3290. The molecule has 2 heterocycles. The van der Waals surface area contributed by atoms with Crippen molar-refractivity contribution in [2.45, 2.75) is 0 Å². The molecule has 4 nitrogen and oxygen atoms in total. The molecule has 4 heteroatoms. The largest absolute Gasteiger partial charge is 0.454 e. The monoisotopic (exact) mass is 742 g/mol. The van der Waals surface area contributed by atoms with Crippen LogP contribution in [0.5, 0.6) is 0 Å². The molecule has 0 radical (unpaired) electrons. The van der Waals surface area contributed by atoms with E-state index in [-0.39, 0.29) is 0 Å². The summed E-state index contributed by atoms with van der Waals surface area (Å²) in [7, 11) is 0. The van der Waals surface area contributed by atoms with Gasteiger partial charge in [-0.3, -0.25) is 0 Å². The van der Waals surface area contributed by atoms with Crippen LogP contribution in [0.4, 0.5) is 34.1 Å². The number of hydrogen-bond donors (Lipinski definition) is 0. The summed E-state index contributed by atoms with van der Waals surface area (Å²) >= 11 is 0. The Morgan fingerprint density at radius 2 is 0.586 bits per heavy atom. The molecule has 0 aliphatic rings. The zero-order valence-corrected chi connectivity index (χ0v) is 31.3. The van der Waals surface area contributed by atoms with Gasteiger partial charge in [0.25, 0.3) is 0 Å². The smallest absolute Gasteiger partial charge is 0.159 e. The first-order chi connectivity index (χ1) is 28.8. The van der Waals surface area contributed by atoms with E-state index in [9.17, 15) is 0 Å². The van der Waals surface area contributed by atoms with Crippen LogP contribution in [0.2, 0.25) is 0 Å². The Morgan fingerprint density at radius 1 is 0.241 bits per heavy atom. The van der Waals surface area contributed by atoms with Crippen molar-refractivity contribution in [2.75, 3.05) is 9.80 Å². The van der Waals surface area contributed by atoms with Crippen LogP contribution in [0, 0.1) is 0 Å². The van der Waals surface area contributed by atoms with Gasteiger partial charge in [-0.15, -0.1) is 0 Å². The predicted octanol–water partition coefficient (Wildman–Crippen LogP) is 15.9. The maximum absolute atomic E-state index is 6.70. The highest BCUT2D eigenvalue weighted by atomic mass is 16.3. The SMILES string of the molecule is c1ccc(N(c2cc3c4ccccc4c(N(c4ccccc4)c4cccc5c4oc4ccccc45)cc3c3ccccc23)c2cccc3c2oc2ccccc23)cc1. The normalized spacial score (nSPS) is 11.8. The summed E-state index contributed by atoms with van der Waals surface area (Å²) in [4.78, 5) is 4.74. The van der Waals surface area contributed by atoms with Gasteiger partial charge >= 0.3 is 0 Å². The van der Waals surface area contributed by atoms with E-state index in [0.717, 1.165) is 99.5 Å². The van der Waals surface area contributed by atoms with Crippen molar-refractivity contribution in [1.29, 1.82) is 0 Å². The molecule has 0 atom stereocenters. The molecule has 0 saturated carbocycles. The third kappa shape index (κ3) is 4.88. The number of furan rings is 2. The summed E-state index contributed by atoms with van der Waals surface area (Å²) in [5.74, 6) is 0. The number of fused-ring (bicyclic) bond motifs is 11. The molecule has 0 aliphatic carbocycles. The lowest BCUT2D eigenvalue weighted by Gasteiger charge is -2.29. The Balaban J connectivity index is 1.17. The van der Waals surface area contributed by atoms with Crippen molar-refractivity contribution in [3.63, 3.8) is 0 Å². The maximum atomic E-state index is 6.70. The van der Waals surface area contributed by atoms with Crippen molar-refractivity contribution in [2.24, 2.45) is 0 Å². The minimum atomic E-state index is 0.857. The topological polar surface area (TPSA) is 32.8 Å². The van der Waals surface area contributed by atoms with E-state index in [1.165, 1.54) is 10.8 Å². The number of rotatable bonds is 6. The molecule has 0 aliphatic heterocycles. The molecule has 0 fully saturated rings. The van der Waals surface area contributed by atoms with E-state index >= 15 is 0 Å². The zero-order valence-electron chi connectivity index (χ0n) is 31.3. The van der Waals surface area contributed by atoms with Gasteiger partial charge in [-0.05, 0) is 82.2 Å². The predicted molar refractivity (Wildman–Crippen MR) is 243 cm³/mol. The summed E-state index contributed by atoms with van der Waals surface area (Å²) in [5, 5.41) is 11.3. The van der Waals surface area contributed by atoms with Gasteiger partial charge in [-0.25, -0.2) is 0 Å². The van der Waals surface area contributed by atoms with Crippen molar-refractivity contribution in [1.82, 2.24) is 0 Å². The van der Waals surface area contributed by atoms with Gasteiger partial charge in [0.1, 0.15) is 11.2 Å². The lowest BCUT2D eigenvalue weighted by Crippen LogP contribution is -2.12. The summed E-state index contributed by atoms with van der Waals surface area (Å²) in [6.07, 6.45) is 0. The fourth-order valence-electron chi connectivity index (χ4n) is 9.07. The van der Waals surface area contributed by atoms with Crippen LogP contribution in [-0.4, -0.2) is 0 Å². The number of nitrogens with zero attached hydrogens (tertiary/aromatic N) is 2. The summed E-state index contributed by atoms with van der Waals surface area (Å²) in [6, 6.07) is 73.2. The Kier molecular flexibility index (Phi) is 7.20. The molecule has 0 spiro atoms. The molecule has 10 aromatic carbocycles. The van der Waals surface area contributed by atoms with E-state index in [1.807, 2.05) is 12.1 Å². The van der Waals surface area contributed by atoms with Crippen LogP contribution >= 0.6 is 0 Å². The van der Waals surface area contributed by atoms with Crippen molar-refractivity contribution in [3.05, 3.63) is 206 Å². The lowest BCUT2D eigenvalue weighted by molar-refractivity contribution is 0.669. The third-order valence-electron chi connectivity index (χ3n) is 11.6. The number of anilines is 6. The Hall–Kier alpha value is -7.82. The van der Waals surface area contributed by atoms with Crippen LogP contribution in [0.1, 0.15) is 0 Å². The van der Waals surface area contributed by atoms with E-state index < -0.39 is 0 Å². The Morgan fingerprint density at radius 3 is 1.02 bits per heavy atom. The minimum absolute atomic E-state index is 0.857. The molecular weight excluding hydrogens is 709 g/mol. The number of hydrogen-bond acceptors (Lipinski definition) is 4. The second-order valence-electron chi connectivity index (χ2n) is 14.8. The first-order valence-electron chi connectivity index (χ1n) is 19.7. The van der Waals surface area contributed by atoms with Crippen LogP contribution in [0.15, 0.2) is 215 Å². The quantitative estimate of drug-likeness (QED) is 0.159. The fourth-order valence-corrected chi connectivity index (χ4v) is 9.07. The lowest BCUT2D eigenvalue weighted by atomic mass is 9.93.